The first-order valence-electron chi connectivity index (χ1n) is 6.27. The van der Waals surface area contributed by atoms with Crippen molar-refractivity contribution in [2.75, 3.05) is 5.43 Å². The molecule has 102 valence electrons. The average Bonchev–Trinajstić information content (AvgIpc) is 2.88. The first-order chi connectivity index (χ1) is 9.20. The molecule has 2 aromatic rings. The number of halogens is 2. The zero-order valence-corrected chi connectivity index (χ0v) is 10.7. The normalized spacial score (nSPS) is 12.4. The Hall–Kier alpha value is -1.98. The molecule has 4 nitrogen and oxygen atoms in total. The summed E-state index contributed by atoms with van der Waals surface area (Å²) in [5.74, 6) is -1.12. The SMILES string of the molecule is CCCCC(Nn1cncn1)c1ccc(F)cc1F. The maximum Gasteiger partial charge on any atom is 0.139 e. The van der Waals surface area contributed by atoms with Gasteiger partial charge in [-0.1, -0.05) is 25.8 Å². The van der Waals surface area contributed by atoms with E-state index in [0.29, 0.717) is 5.56 Å². The Kier molecular flexibility index (Phi) is 4.43. The number of nitrogens with one attached hydrogen (secondary N) is 1. The summed E-state index contributed by atoms with van der Waals surface area (Å²) in [6.45, 7) is 2.06. The Morgan fingerprint density at radius 1 is 1.37 bits per heavy atom. The topological polar surface area (TPSA) is 42.7 Å². The standard InChI is InChI=1S/C13H16F2N4/c1-2-3-4-13(18-19-9-16-8-17-19)11-6-5-10(14)7-12(11)15/h5-9,13,18H,2-4H2,1H3. The van der Waals surface area contributed by atoms with Crippen molar-refractivity contribution in [1.82, 2.24) is 14.9 Å². The van der Waals surface area contributed by atoms with E-state index in [1.807, 2.05) is 0 Å². The predicted molar refractivity (Wildman–Crippen MR) is 68.0 cm³/mol. The molecule has 0 amide bonds. The number of hydrogen-bond donors (Lipinski definition) is 1. The first kappa shape index (κ1) is 13.5. The highest BCUT2D eigenvalue weighted by Gasteiger charge is 2.16. The van der Waals surface area contributed by atoms with Gasteiger partial charge >= 0.3 is 0 Å². The van der Waals surface area contributed by atoms with Crippen LogP contribution in [0.4, 0.5) is 8.78 Å². The highest BCUT2D eigenvalue weighted by Crippen LogP contribution is 2.23. The lowest BCUT2D eigenvalue weighted by atomic mass is 10.0. The molecule has 1 N–H and O–H groups in total. The molecule has 1 aromatic carbocycles. The van der Waals surface area contributed by atoms with Gasteiger partial charge in [0.05, 0.1) is 6.04 Å². The van der Waals surface area contributed by atoms with E-state index in [-0.39, 0.29) is 6.04 Å². The minimum Gasteiger partial charge on any atom is -0.301 e. The van der Waals surface area contributed by atoms with Crippen LogP contribution in [-0.2, 0) is 0 Å². The molecule has 0 aliphatic rings. The number of aromatic nitrogens is 3. The second-order valence-corrected chi connectivity index (χ2v) is 4.33. The highest BCUT2D eigenvalue weighted by atomic mass is 19.1. The van der Waals surface area contributed by atoms with Gasteiger partial charge in [-0.2, -0.15) is 4.79 Å². The molecule has 0 spiro atoms. The third-order valence-corrected chi connectivity index (χ3v) is 2.89. The van der Waals surface area contributed by atoms with E-state index in [1.54, 1.807) is 0 Å². The monoisotopic (exact) mass is 266 g/mol. The molecule has 1 unspecified atom stereocenters. The Bertz CT molecular complexity index is 513. The van der Waals surface area contributed by atoms with Crippen molar-refractivity contribution < 1.29 is 8.78 Å². The van der Waals surface area contributed by atoms with Crippen molar-refractivity contribution in [3.8, 4) is 0 Å². The zero-order valence-electron chi connectivity index (χ0n) is 10.7. The quantitative estimate of drug-likeness (QED) is 0.874. The van der Waals surface area contributed by atoms with Crippen LogP contribution >= 0.6 is 0 Å². The van der Waals surface area contributed by atoms with Crippen LogP contribution in [0.15, 0.2) is 30.9 Å². The number of nitrogens with zero attached hydrogens (tertiary/aromatic N) is 3. The maximum atomic E-state index is 13.8. The minimum atomic E-state index is -0.573. The van der Waals surface area contributed by atoms with E-state index in [0.717, 1.165) is 25.3 Å². The summed E-state index contributed by atoms with van der Waals surface area (Å²) in [6.07, 6.45) is 5.56. The van der Waals surface area contributed by atoms with Crippen LogP contribution in [0.1, 0.15) is 37.8 Å². The Morgan fingerprint density at radius 3 is 2.84 bits per heavy atom. The van der Waals surface area contributed by atoms with E-state index in [9.17, 15) is 8.78 Å². The molecule has 0 fully saturated rings. The summed E-state index contributed by atoms with van der Waals surface area (Å²) < 4.78 is 26.8. The fraction of sp³-hybridized carbons (Fsp3) is 0.385. The molecule has 0 bridgehead atoms. The fourth-order valence-electron chi connectivity index (χ4n) is 1.92. The smallest absolute Gasteiger partial charge is 0.139 e. The van der Waals surface area contributed by atoms with Gasteiger partial charge in [0.15, 0.2) is 0 Å². The molecule has 1 heterocycles. The zero-order chi connectivity index (χ0) is 13.7. The Balaban J connectivity index is 2.20. The van der Waals surface area contributed by atoms with Crippen molar-refractivity contribution in [3.05, 3.63) is 48.1 Å². The Labute approximate surface area is 110 Å². The fourth-order valence-corrected chi connectivity index (χ4v) is 1.92. The molecule has 1 aromatic heterocycles. The second kappa shape index (κ2) is 6.26. The Morgan fingerprint density at radius 2 is 2.21 bits per heavy atom. The number of benzene rings is 1. The third-order valence-electron chi connectivity index (χ3n) is 2.89. The van der Waals surface area contributed by atoms with E-state index in [1.165, 1.54) is 29.6 Å². The van der Waals surface area contributed by atoms with Gasteiger partial charge in [0, 0.05) is 11.6 Å². The van der Waals surface area contributed by atoms with E-state index < -0.39 is 11.6 Å². The van der Waals surface area contributed by atoms with Crippen LogP contribution in [0, 0.1) is 11.6 Å². The van der Waals surface area contributed by atoms with Crippen molar-refractivity contribution >= 4 is 0 Å². The largest absolute Gasteiger partial charge is 0.301 e. The summed E-state index contributed by atoms with van der Waals surface area (Å²) in [5.41, 5.74) is 3.49. The van der Waals surface area contributed by atoms with Crippen LogP contribution in [-0.4, -0.2) is 14.9 Å². The van der Waals surface area contributed by atoms with Gasteiger partial charge in [-0.05, 0) is 12.5 Å². The van der Waals surface area contributed by atoms with Crippen LogP contribution in [0.25, 0.3) is 0 Å². The molecule has 0 aliphatic heterocycles. The van der Waals surface area contributed by atoms with Crippen LogP contribution in [0.2, 0.25) is 0 Å². The van der Waals surface area contributed by atoms with Gasteiger partial charge in [0.2, 0.25) is 0 Å². The first-order valence-corrected chi connectivity index (χ1v) is 6.27. The van der Waals surface area contributed by atoms with Crippen molar-refractivity contribution in [3.63, 3.8) is 0 Å². The van der Waals surface area contributed by atoms with Gasteiger partial charge in [0.25, 0.3) is 0 Å². The third kappa shape index (κ3) is 3.49. The number of hydrogen-bond acceptors (Lipinski definition) is 3. The number of unbranched alkanes of at least 4 members (excludes halogenated alkanes) is 1. The van der Waals surface area contributed by atoms with Crippen molar-refractivity contribution in [2.45, 2.75) is 32.2 Å². The molecule has 0 saturated heterocycles. The number of rotatable bonds is 6. The van der Waals surface area contributed by atoms with Gasteiger partial charge < -0.3 is 5.43 Å². The summed E-state index contributed by atoms with van der Waals surface area (Å²) in [5, 5.41) is 3.93. The van der Waals surface area contributed by atoms with Gasteiger partial charge in [-0.15, -0.1) is 5.10 Å². The second-order valence-electron chi connectivity index (χ2n) is 4.33. The molecule has 1 atom stereocenters. The van der Waals surface area contributed by atoms with Gasteiger partial charge in [-0.3, -0.25) is 0 Å². The minimum absolute atomic E-state index is 0.262. The van der Waals surface area contributed by atoms with Gasteiger partial charge in [0.1, 0.15) is 24.3 Å². The lowest BCUT2D eigenvalue weighted by Gasteiger charge is -2.20. The van der Waals surface area contributed by atoms with Crippen molar-refractivity contribution in [2.24, 2.45) is 0 Å². The maximum absolute atomic E-state index is 13.8. The average molecular weight is 266 g/mol. The summed E-state index contributed by atoms with van der Waals surface area (Å²) >= 11 is 0. The lowest BCUT2D eigenvalue weighted by Crippen LogP contribution is -2.22. The molecule has 2 rings (SSSR count). The molecule has 19 heavy (non-hydrogen) atoms. The molecule has 6 heteroatoms. The predicted octanol–water partition coefficient (Wildman–Crippen LogP) is 3.03. The van der Waals surface area contributed by atoms with Crippen LogP contribution in [0.3, 0.4) is 0 Å². The summed E-state index contributed by atoms with van der Waals surface area (Å²) in [7, 11) is 0. The summed E-state index contributed by atoms with van der Waals surface area (Å²) in [6, 6.07) is 3.37. The molecule has 0 aliphatic carbocycles. The lowest BCUT2D eigenvalue weighted by molar-refractivity contribution is 0.515. The van der Waals surface area contributed by atoms with Crippen LogP contribution in [0.5, 0.6) is 0 Å². The van der Waals surface area contributed by atoms with Crippen LogP contribution < -0.4 is 5.43 Å². The van der Waals surface area contributed by atoms with E-state index in [2.05, 4.69) is 22.4 Å². The molecule has 0 saturated carbocycles. The molecular formula is C13H16F2N4. The molecular weight excluding hydrogens is 250 g/mol. The summed E-state index contributed by atoms with van der Waals surface area (Å²) in [4.78, 5) is 5.25. The molecule has 0 radical (unpaired) electrons. The van der Waals surface area contributed by atoms with Gasteiger partial charge in [-0.25, -0.2) is 13.8 Å². The highest BCUT2D eigenvalue weighted by molar-refractivity contribution is 5.24. The van der Waals surface area contributed by atoms with Crippen molar-refractivity contribution in [1.29, 1.82) is 0 Å². The van der Waals surface area contributed by atoms with E-state index >= 15 is 0 Å². The van der Waals surface area contributed by atoms with E-state index in [4.69, 9.17) is 0 Å².